The fourth-order valence-electron chi connectivity index (χ4n) is 3.47. The van der Waals surface area contributed by atoms with Gasteiger partial charge in [0.25, 0.3) is 0 Å². The molecule has 1 aliphatic carbocycles. The van der Waals surface area contributed by atoms with E-state index in [2.05, 4.69) is 21.7 Å². The largest absolute Gasteiger partial charge is 0.322 e. The maximum atomic E-state index is 12.3. The summed E-state index contributed by atoms with van der Waals surface area (Å²) < 4.78 is 1.76. The Balaban J connectivity index is 1.39. The molecule has 5 nitrogen and oxygen atoms in total. The molecule has 0 aliphatic heterocycles. The molecule has 0 bridgehead atoms. The van der Waals surface area contributed by atoms with Gasteiger partial charge in [-0.15, -0.1) is 5.10 Å². The SMILES string of the molecule is O=C(/C=C/c1cn(Cc2ccccc2)nn1)Nc1cccc2c1CCCC2. The molecule has 4 rings (SSSR count). The van der Waals surface area contributed by atoms with Crippen LogP contribution in [-0.2, 0) is 24.2 Å². The highest BCUT2D eigenvalue weighted by molar-refractivity contribution is 6.02. The summed E-state index contributed by atoms with van der Waals surface area (Å²) in [5, 5.41) is 11.2. The van der Waals surface area contributed by atoms with Crippen molar-refractivity contribution in [2.75, 3.05) is 5.32 Å². The van der Waals surface area contributed by atoms with Crippen molar-refractivity contribution in [3.8, 4) is 0 Å². The van der Waals surface area contributed by atoms with Gasteiger partial charge in [0.1, 0.15) is 5.69 Å². The Morgan fingerprint density at radius 2 is 1.93 bits per heavy atom. The van der Waals surface area contributed by atoms with Gasteiger partial charge in [-0.2, -0.15) is 0 Å². The molecule has 2 aromatic carbocycles. The van der Waals surface area contributed by atoms with Gasteiger partial charge in [-0.3, -0.25) is 4.79 Å². The number of carbonyl (C=O) groups is 1. The van der Waals surface area contributed by atoms with Gasteiger partial charge in [-0.25, -0.2) is 4.68 Å². The number of benzene rings is 2. The van der Waals surface area contributed by atoms with Crippen molar-refractivity contribution in [1.29, 1.82) is 0 Å². The second-order valence-corrected chi connectivity index (χ2v) is 6.80. The number of aryl methyl sites for hydroxylation is 1. The number of nitrogens with zero attached hydrogens (tertiary/aromatic N) is 3. The molecule has 1 amide bonds. The summed E-state index contributed by atoms with van der Waals surface area (Å²) in [5.41, 5.74) is 5.38. The lowest BCUT2D eigenvalue weighted by Crippen LogP contribution is -2.13. The number of aromatic nitrogens is 3. The van der Waals surface area contributed by atoms with Crippen molar-refractivity contribution < 1.29 is 4.79 Å². The van der Waals surface area contributed by atoms with Crippen molar-refractivity contribution in [3.63, 3.8) is 0 Å². The van der Waals surface area contributed by atoms with Crippen molar-refractivity contribution >= 4 is 17.7 Å². The van der Waals surface area contributed by atoms with Crippen LogP contribution in [0, 0.1) is 0 Å². The molecule has 0 atom stereocenters. The minimum atomic E-state index is -0.147. The van der Waals surface area contributed by atoms with E-state index < -0.39 is 0 Å². The molecule has 5 heteroatoms. The maximum absolute atomic E-state index is 12.3. The number of hydrogen-bond donors (Lipinski definition) is 1. The van der Waals surface area contributed by atoms with Crippen molar-refractivity contribution in [3.05, 3.63) is 83.2 Å². The van der Waals surface area contributed by atoms with Crippen LogP contribution in [0.25, 0.3) is 6.08 Å². The summed E-state index contributed by atoms with van der Waals surface area (Å²) in [6, 6.07) is 16.2. The molecular formula is C22H22N4O. The summed E-state index contributed by atoms with van der Waals surface area (Å²) in [6.45, 7) is 0.657. The molecule has 3 aromatic rings. The Kier molecular flexibility index (Phi) is 5.10. The Bertz CT molecular complexity index is 959. The van der Waals surface area contributed by atoms with Crippen LogP contribution < -0.4 is 5.32 Å². The molecule has 0 spiro atoms. The second-order valence-electron chi connectivity index (χ2n) is 6.80. The van der Waals surface area contributed by atoms with Gasteiger partial charge in [-0.1, -0.05) is 47.7 Å². The van der Waals surface area contributed by atoms with Crippen LogP contribution in [0.2, 0.25) is 0 Å². The molecule has 0 saturated carbocycles. The molecule has 1 aromatic heterocycles. The zero-order chi connectivity index (χ0) is 18.5. The van der Waals surface area contributed by atoms with Crippen LogP contribution in [0.1, 0.15) is 35.2 Å². The molecule has 27 heavy (non-hydrogen) atoms. The van der Waals surface area contributed by atoms with Gasteiger partial charge < -0.3 is 5.32 Å². The Hall–Kier alpha value is -3.21. The molecule has 0 unspecified atom stereocenters. The van der Waals surface area contributed by atoms with E-state index in [0.29, 0.717) is 12.2 Å². The number of carbonyl (C=O) groups excluding carboxylic acids is 1. The second kappa shape index (κ2) is 7.99. The molecule has 1 N–H and O–H groups in total. The van der Waals surface area contributed by atoms with E-state index in [1.807, 2.05) is 48.7 Å². The Labute approximate surface area is 158 Å². The van der Waals surface area contributed by atoms with Crippen LogP contribution in [0.5, 0.6) is 0 Å². The first-order valence-electron chi connectivity index (χ1n) is 9.32. The van der Waals surface area contributed by atoms with Crippen LogP contribution in [-0.4, -0.2) is 20.9 Å². The van der Waals surface area contributed by atoms with Crippen molar-refractivity contribution in [2.24, 2.45) is 0 Å². The number of hydrogen-bond acceptors (Lipinski definition) is 3. The molecular weight excluding hydrogens is 336 g/mol. The molecule has 0 radical (unpaired) electrons. The monoisotopic (exact) mass is 358 g/mol. The fraction of sp³-hybridized carbons (Fsp3) is 0.227. The third kappa shape index (κ3) is 4.31. The summed E-state index contributed by atoms with van der Waals surface area (Å²) in [5.74, 6) is -0.147. The third-order valence-corrected chi connectivity index (χ3v) is 4.80. The lowest BCUT2D eigenvalue weighted by molar-refractivity contribution is -0.111. The standard InChI is InChI=1S/C22H22N4O/c27-22(23-21-12-6-10-18-9-4-5-11-20(18)21)14-13-19-16-26(25-24-19)15-17-7-2-1-3-8-17/h1-3,6-8,10,12-14,16H,4-5,9,11,15H2,(H,23,27)/b14-13+. The first kappa shape index (κ1) is 17.2. The van der Waals surface area contributed by atoms with Gasteiger partial charge in [-0.05, 0) is 54.5 Å². The van der Waals surface area contributed by atoms with Gasteiger partial charge >= 0.3 is 0 Å². The lowest BCUT2D eigenvalue weighted by Gasteiger charge is -2.19. The van der Waals surface area contributed by atoms with Crippen LogP contribution in [0.15, 0.2) is 60.8 Å². The summed E-state index contributed by atoms with van der Waals surface area (Å²) in [6.07, 6.45) is 9.57. The predicted octanol–water partition coefficient (Wildman–Crippen LogP) is 3.86. The number of amides is 1. The third-order valence-electron chi connectivity index (χ3n) is 4.80. The van der Waals surface area contributed by atoms with E-state index in [9.17, 15) is 4.79 Å². The fourth-order valence-corrected chi connectivity index (χ4v) is 3.47. The van der Waals surface area contributed by atoms with Gasteiger partial charge in [0.15, 0.2) is 0 Å². The maximum Gasteiger partial charge on any atom is 0.248 e. The lowest BCUT2D eigenvalue weighted by atomic mass is 9.90. The zero-order valence-corrected chi connectivity index (χ0v) is 15.1. The van der Waals surface area contributed by atoms with E-state index in [0.717, 1.165) is 24.1 Å². The Morgan fingerprint density at radius 1 is 1.07 bits per heavy atom. The smallest absolute Gasteiger partial charge is 0.248 e. The summed E-state index contributed by atoms with van der Waals surface area (Å²) >= 11 is 0. The summed E-state index contributed by atoms with van der Waals surface area (Å²) in [4.78, 5) is 12.3. The topological polar surface area (TPSA) is 59.8 Å². The number of fused-ring (bicyclic) bond motifs is 1. The van der Waals surface area contributed by atoms with Crippen LogP contribution in [0.4, 0.5) is 5.69 Å². The first-order chi connectivity index (χ1) is 13.3. The summed E-state index contributed by atoms with van der Waals surface area (Å²) in [7, 11) is 0. The zero-order valence-electron chi connectivity index (χ0n) is 15.1. The average Bonchev–Trinajstić information content (AvgIpc) is 3.15. The first-order valence-corrected chi connectivity index (χ1v) is 9.32. The van der Waals surface area contributed by atoms with E-state index in [-0.39, 0.29) is 5.91 Å². The number of nitrogens with one attached hydrogen (secondary N) is 1. The van der Waals surface area contributed by atoms with E-state index in [1.54, 1.807) is 10.8 Å². The van der Waals surface area contributed by atoms with Crippen molar-refractivity contribution in [1.82, 2.24) is 15.0 Å². The minimum Gasteiger partial charge on any atom is -0.322 e. The molecule has 1 aliphatic rings. The van der Waals surface area contributed by atoms with Crippen molar-refractivity contribution in [2.45, 2.75) is 32.2 Å². The highest BCUT2D eigenvalue weighted by atomic mass is 16.1. The van der Waals surface area contributed by atoms with Gasteiger partial charge in [0.05, 0.1) is 12.7 Å². The highest BCUT2D eigenvalue weighted by Gasteiger charge is 2.13. The molecule has 0 fully saturated rings. The predicted molar refractivity (Wildman–Crippen MR) is 106 cm³/mol. The molecule has 0 saturated heterocycles. The van der Waals surface area contributed by atoms with E-state index in [4.69, 9.17) is 0 Å². The average molecular weight is 358 g/mol. The highest BCUT2D eigenvalue weighted by Crippen LogP contribution is 2.27. The van der Waals surface area contributed by atoms with E-state index in [1.165, 1.54) is 30.0 Å². The molecule has 136 valence electrons. The van der Waals surface area contributed by atoms with Gasteiger partial charge in [0, 0.05) is 11.8 Å². The number of rotatable bonds is 5. The quantitative estimate of drug-likeness (QED) is 0.705. The van der Waals surface area contributed by atoms with Crippen LogP contribution in [0.3, 0.4) is 0 Å². The van der Waals surface area contributed by atoms with E-state index >= 15 is 0 Å². The minimum absolute atomic E-state index is 0.147. The Morgan fingerprint density at radius 3 is 2.81 bits per heavy atom. The van der Waals surface area contributed by atoms with Crippen LogP contribution >= 0.6 is 0 Å². The number of anilines is 1. The van der Waals surface area contributed by atoms with Gasteiger partial charge in [0.2, 0.25) is 5.91 Å². The molecule has 1 heterocycles. The normalized spacial score (nSPS) is 13.5.